The van der Waals surface area contributed by atoms with E-state index in [1.54, 1.807) is 12.3 Å². The average molecular weight is 340 g/mol. The molecule has 25 heavy (non-hydrogen) atoms. The number of aromatic nitrogens is 4. The Morgan fingerprint density at radius 2 is 2.04 bits per heavy atom. The Morgan fingerprint density at radius 1 is 1.16 bits per heavy atom. The molecule has 3 aromatic heterocycles. The Balaban J connectivity index is 1.46. The van der Waals surface area contributed by atoms with Gasteiger partial charge in [-0.1, -0.05) is 0 Å². The molecule has 0 unspecified atom stereocenters. The first-order valence-electron chi connectivity index (χ1n) is 8.27. The van der Waals surface area contributed by atoms with Crippen molar-refractivity contribution in [2.45, 2.75) is 0 Å². The van der Waals surface area contributed by atoms with Gasteiger partial charge >= 0.3 is 0 Å². The summed E-state index contributed by atoms with van der Waals surface area (Å²) in [6.07, 6.45) is 5.15. The van der Waals surface area contributed by atoms with Gasteiger partial charge in [0.1, 0.15) is 30.1 Å². The van der Waals surface area contributed by atoms with Gasteiger partial charge < -0.3 is 15.2 Å². The summed E-state index contributed by atoms with van der Waals surface area (Å²) in [5.74, 6) is 1.24. The summed E-state index contributed by atoms with van der Waals surface area (Å²) in [5, 5.41) is 0. The fraction of sp³-hybridized carbons (Fsp3) is 0.353. The van der Waals surface area contributed by atoms with Gasteiger partial charge in [-0.3, -0.25) is 9.30 Å². The largest absolute Gasteiger partial charge is 0.492 e. The molecule has 0 aromatic carbocycles. The number of anilines is 1. The molecule has 1 saturated heterocycles. The summed E-state index contributed by atoms with van der Waals surface area (Å²) in [6.45, 7) is 5.08. The maximum Gasteiger partial charge on any atom is 0.140 e. The van der Waals surface area contributed by atoms with E-state index in [0.29, 0.717) is 12.4 Å². The van der Waals surface area contributed by atoms with Gasteiger partial charge in [-0.2, -0.15) is 0 Å². The zero-order valence-electron chi connectivity index (χ0n) is 13.8. The number of nitrogens with two attached hydrogens (primary N) is 1. The standard InChI is InChI=1S/C17H20N6O2/c18-16-10-14(20-12-21-16)15-11-19-17-9-13(1-2-23(15)17)25-8-5-22-3-6-24-7-4-22/h1-2,9-12H,3-8H2,(H2,18,20,21). The number of nitrogen functional groups attached to an aromatic ring is 1. The van der Waals surface area contributed by atoms with E-state index in [-0.39, 0.29) is 0 Å². The summed E-state index contributed by atoms with van der Waals surface area (Å²) in [7, 11) is 0. The number of imidazole rings is 1. The van der Waals surface area contributed by atoms with E-state index in [4.69, 9.17) is 15.2 Å². The summed E-state index contributed by atoms with van der Waals surface area (Å²) >= 11 is 0. The fourth-order valence-corrected chi connectivity index (χ4v) is 2.87. The SMILES string of the molecule is Nc1cc(-c2cnc3cc(OCCN4CCOCC4)ccn23)ncn1. The van der Waals surface area contributed by atoms with Crippen LogP contribution in [0.1, 0.15) is 0 Å². The van der Waals surface area contributed by atoms with E-state index in [9.17, 15) is 0 Å². The zero-order chi connectivity index (χ0) is 17.1. The summed E-state index contributed by atoms with van der Waals surface area (Å²) in [4.78, 5) is 15.0. The molecule has 0 saturated carbocycles. The monoisotopic (exact) mass is 340 g/mol. The molecule has 4 heterocycles. The third-order valence-electron chi connectivity index (χ3n) is 4.22. The minimum Gasteiger partial charge on any atom is -0.492 e. The van der Waals surface area contributed by atoms with E-state index >= 15 is 0 Å². The number of morpholine rings is 1. The van der Waals surface area contributed by atoms with Gasteiger partial charge in [0.15, 0.2) is 0 Å². The van der Waals surface area contributed by atoms with Gasteiger partial charge in [-0.05, 0) is 6.07 Å². The van der Waals surface area contributed by atoms with Gasteiger partial charge in [-0.15, -0.1) is 0 Å². The summed E-state index contributed by atoms with van der Waals surface area (Å²) in [6, 6.07) is 5.59. The zero-order valence-corrected chi connectivity index (χ0v) is 13.8. The highest BCUT2D eigenvalue weighted by Crippen LogP contribution is 2.22. The minimum absolute atomic E-state index is 0.433. The van der Waals surface area contributed by atoms with E-state index in [1.165, 1.54) is 6.33 Å². The third-order valence-corrected chi connectivity index (χ3v) is 4.22. The molecule has 0 spiro atoms. The van der Waals surface area contributed by atoms with Crippen molar-refractivity contribution in [1.29, 1.82) is 0 Å². The van der Waals surface area contributed by atoms with E-state index in [2.05, 4.69) is 19.9 Å². The number of hydrogen-bond donors (Lipinski definition) is 1. The number of nitrogens with zero attached hydrogens (tertiary/aromatic N) is 5. The lowest BCUT2D eigenvalue weighted by atomic mass is 10.3. The topological polar surface area (TPSA) is 90.8 Å². The second-order valence-electron chi connectivity index (χ2n) is 5.86. The van der Waals surface area contributed by atoms with E-state index in [0.717, 1.165) is 55.6 Å². The molecule has 0 aliphatic carbocycles. The third kappa shape index (κ3) is 3.54. The van der Waals surface area contributed by atoms with Crippen molar-refractivity contribution < 1.29 is 9.47 Å². The Morgan fingerprint density at radius 3 is 2.88 bits per heavy atom. The van der Waals surface area contributed by atoms with Crippen LogP contribution in [0.5, 0.6) is 5.75 Å². The smallest absolute Gasteiger partial charge is 0.140 e. The number of rotatable bonds is 5. The Labute approximate surface area is 145 Å². The number of pyridine rings is 1. The average Bonchev–Trinajstić information content (AvgIpc) is 3.06. The van der Waals surface area contributed by atoms with Crippen LogP contribution in [-0.4, -0.2) is 63.7 Å². The van der Waals surface area contributed by atoms with Gasteiger partial charge in [-0.25, -0.2) is 15.0 Å². The van der Waals surface area contributed by atoms with Gasteiger partial charge in [0.2, 0.25) is 0 Å². The molecule has 4 rings (SSSR count). The van der Waals surface area contributed by atoms with Crippen LogP contribution >= 0.6 is 0 Å². The Hall–Kier alpha value is -2.71. The van der Waals surface area contributed by atoms with Gasteiger partial charge in [0.25, 0.3) is 0 Å². The Bertz CT molecular complexity index is 859. The highest BCUT2D eigenvalue weighted by Gasteiger charge is 2.11. The Kier molecular flexibility index (Phi) is 4.45. The van der Waals surface area contributed by atoms with Gasteiger partial charge in [0, 0.05) is 38.0 Å². The first kappa shape index (κ1) is 15.8. The lowest BCUT2D eigenvalue weighted by Crippen LogP contribution is -2.38. The van der Waals surface area contributed by atoms with Gasteiger partial charge in [0.05, 0.1) is 30.8 Å². The highest BCUT2D eigenvalue weighted by atomic mass is 16.5. The molecule has 0 radical (unpaired) electrons. The molecule has 8 nitrogen and oxygen atoms in total. The van der Waals surface area contributed by atoms with E-state index < -0.39 is 0 Å². The molecule has 1 aliphatic heterocycles. The number of hydrogen-bond acceptors (Lipinski definition) is 7. The molecule has 130 valence electrons. The highest BCUT2D eigenvalue weighted by molar-refractivity contribution is 5.62. The molecular weight excluding hydrogens is 320 g/mol. The van der Waals surface area contributed by atoms with Crippen molar-refractivity contribution in [2.24, 2.45) is 0 Å². The van der Waals surface area contributed by atoms with Crippen LogP contribution in [0.25, 0.3) is 17.0 Å². The maximum absolute atomic E-state index is 5.87. The van der Waals surface area contributed by atoms with Crippen LogP contribution in [0, 0.1) is 0 Å². The molecular formula is C17H20N6O2. The minimum atomic E-state index is 0.433. The lowest BCUT2D eigenvalue weighted by molar-refractivity contribution is 0.0322. The molecule has 8 heteroatoms. The number of fused-ring (bicyclic) bond motifs is 1. The van der Waals surface area contributed by atoms with Crippen molar-refractivity contribution in [1.82, 2.24) is 24.3 Å². The first-order chi connectivity index (χ1) is 12.3. The second kappa shape index (κ2) is 7.04. The predicted octanol–water partition coefficient (Wildman–Crippen LogP) is 1.08. The predicted molar refractivity (Wildman–Crippen MR) is 93.4 cm³/mol. The maximum atomic E-state index is 5.87. The van der Waals surface area contributed by atoms with Crippen molar-refractivity contribution in [3.8, 4) is 17.1 Å². The molecule has 1 aliphatic rings. The molecule has 0 amide bonds. The first-order valence-corrected chi connectivity index (χ1v) is 8.27. The van der Waals surface area contributed by atoms with E-state index in [1.807, 2.05) is 22.7 Å². The van der Waals surface area contributed by atoms with Crippen LogP contribution in [0.4, 0.5) is 5.82 Å². The summed E-state index contributed by atoms with van der Waals surface area (Å²) < 4.78 is 13.2. The molecule has 3 aromatic rings. The fourth-order valence-electron chi connectivity index (χ4n) is 2.87. The summed E-state index contributed by atoms with van der Waals surface area (Å²) in [5.41, 5.74) is 8.14. The van der Waals surface area contributed by atoms with Crippen LogP contribution < -0.4 is 10.5 Å². The quantitative estimate of drug-likeness (QED) is 0.743. The van der Waals surface area contributed by atoms with Crippen molar-refractivity contribution in [3.63, 3.8) is 0 Å². The molecule has 1 fully saturated rings. The molecule has 0 bridgehead atoms. The van der Waals surface area contributed by atoms with Crippen molar-refractivity contribution in [2.75, 3.05) is 45.2 Å². The normalized spacial score (nSPS) is 15.5. The molecule has 2 N–H and O–H groups in total. The van der Waals surface area contributed by atoms with Crippen LogP contribution in [0.3, 0.4) is 0 Å². The van der Waals surface area contributed by atoms with Crippen LogP contribution in [-0.2, 0) is 4.74 Å². The van der Waals surface area contributed by atoms with Crippen LogP contribution in [0.2, 0.25) is 0 Å². The van der Waals surface area contributed by atoms with Crippen LogP contribution in [0.15, 0.2) is 36.9 Å². The lowest BCUT2D eigenvalue weighted by Gasteiger charge is -2.26. The number of ether oxygens (including phenoxy) is 2. The van der Waals surface area contributed by atoms with Crippen molar-refractivity contribution in [3.05, 3.63) is 36.9 Å². The van der Waals surface area contributed by atoms with Crippen molar-refractivity contribution >= 4 is 11.5 Å². The second-order valence-corrected chi connectivity index (χ2v) is 5.86. The molecule has 0 atom stereocenters.